The van der Waals surface area contributed by atoms with Gasteiger partial charge in [0.2, 0.25) is 5.95 Å². The maximum absolute atomic E-state index is 12.5. The molecule has 8 nitrogen and oxygen atoms in total. The van der Waals surface area contributed by atoms with Crippen molar-refractivity contribution in [1.82, 2.24) is 19.7 Å². The fraction of sp³-hybridized carbons (Fsp3) is 0.438. The lowest BCUT2D eigenvalue weighted by Gasteiger charge is -2.56. The van der Waals surface area contributed by atoms with Gasteiger partial charge >= 0.3 is 6.18 Å². The summed E-state index contributed by atoms with van der Waals surface area (Å²) in [6.07, 6.45) is -0.967. The SMILES string of the molecule is N#Cc1ccnc(N2C3CC2CN(c2cnn(CC(F)(F)F)c(=O)c2Cl)C3)n1. The molecule has 3 aliphatic heterocycles. The number of hydrogen-bond acceptors (Lipinski definition) is 7. The molecule has 5 heterocycles. The van der Waals surface area contributed by atoms with Gasteiger partial charge in [-0.15, -0.1) is 0 Å². The molecule has 12 heteroatoms. The number of aromatic nitrogens is 4. The van der Waals surface area contributed by atoms with E-state index in [4.69, 9.17) is 16.9 Å². The molecule has 2 aromatic rings. The third-order valence-corrected chi connectivity index (χ3v) is 5.17. The zero-order chi connectivity index (χ0) is 20.1. The molecular formula is C16H13ClF3N7O. The molecule has 0 saturated carbocycles. The summed E-state index contributed by atoms with van der Waals surface area (Å²) in [4.78, 5) is 24.4. The highest BCUT2D eigenvalue weighted by atomic mass is 35.5. The quantitative estimate of drug-likeness (QED) is 0.757. The zero-order valence-corrected chi connectivity index (χ0v) is 15.0. The molecule has 2 unspecified atom stereocenters. The van der Waals surface area contributed by atoms with Crippen molar-refractivity contribution in [2.75, 3.05) is 22.9 Å². The summed E-state index contributed by atoms with van der Waals surface area (Å²) in [6, 6.07) is 3.58. The summed E-state index contributed by atoms with van der Waals surface area (Å²) in [5.41, 5.74) is -0.392. The van der Waals surface area contributed by atoms with Gasteiger partial charge in [-0.25, -0.2) is 14.6 Å². The first kappa shape index (κ1) is 18.5. The Labute approximate surface area is 161 Å². The number of piperidine rings is 1. The van der Waals surface area contributed by atoms with E-state index < -0.39 is 18.3 Å². The minimum Gasteiger partial charge on any atom is -0.365 e. The van der Waals surface area contributed by atoms with Gasteiger partial charge in [-0.1, -0.05) is 11.6 Å². The topological polar surface area (TPSA) is 90.9 Å². The molecule has 3 saturated heterocycles. The molecular weight excluding hydrogens is 399 g/mol. The Kier molecular flexibility index (Phi) is 4.38. The first-order chi connectivity index (χ1) is 13.3. The lowest BCUT2D eigenvalue weighted by molar-refractivity contribution is -0.143. The Hall–Kier alpha value is -2.87. The molecule has 0 radical (unpaired) electrons. The molecule has 5 rings (SSSR count). The summed E-state index contributed by atoms with van der Waals surface area (Å²) < 4.78 is 37.9. The molecule has 0 spiro atoms. The normalized spacial score (nSPS) is 21.2. The van der Waals surface area contributed by atoms with Crippen molar-refractivity contribution >= 4 is 23.2 Å². The summed E-state index contributed by atoms with van der Waals surface area (Å²) >= 11 is 6.06. The van der Waals surface area contributed by atoms with Gasteiger partial charge in [0, 0.05) is 19.3 Å². The summed E-state index contributed by atoms with van der Waals surface area (Å²) in [6.45, 7) is -0.515. The van der Waals surface area contributed by atoms with E-state index in [-0.39, 0.29) is 22.8 Å². The van der Waals surface area contributed by atoms with E-state index in [0.29, 0.717) is 29.4 Å². The molecule has 146 valence electrons. The van der Waals surface area contributed by atoms with Gasteiger partial charge in [-0.05, 0) is 12.5 Å². The summed E-state index contributed by atoms with van der Waals surface area (Å²) in [5.74, 6) is 0.463. The monoisotopic (exact) mass is 411 g/mol. The van der Waals surface area contributed by atoms with Crippen LogP contribution in [0.25, 0.3) is 0 Å². The molecule has 0 N–H and O–H groups in total. The molecule has 0 amide bonds. The van der Waals surface area contributed by atoms with Crippen molar-refractivity contribution in [3.63, 3.8) is 0 Å². The van der Waals surface area contributed by atoms with Gasteiger partial charge in [-0.3, -0.25) is 4.79 Å². The maximum atomic E-state index is 12.5. The lowest BCUT2D eigenvalue weighted by atomic mass is 9.87. The van der Waals surface area contributed by atoms with Gasteiger partial charge < -0.3 is 9.80 Å². The van der Waals surface area contributed by atoms with Crippen molar-refractivity contribution in [1.29, 1.82) is 5.26 Å². The largest absolute Gasteiger partial charge is 0.408 e. The van der Waals surface area contributed by atoms with Crippen LogP contribution in [0.15, 0.2) is 23.3 Å². The second-order valence-corrected chi connectivity index (χ2v) is 7.01. The first-order valence-corrected chi connectivity index (χ1v) is 8.73. The summed E-state index contributed by atoms with van der Waals surface area (Å²) in [5, 5.41) is 12.3. The van der Waals surface area contributed by atoms with Crippen molar-refractivity contribution in [2.24, 2.45) is 0 Å². The van der Waals surface area contributed by atoms with Crippen LogP contribution in [-0.4, -0.2) is 51.1 Å². The van der Waals surface area contributed by atoms with Gasteiger partial charge in [0.15, 0.2) is 0 Å². The Balaban J connectivity index is 1.54. The van der Waals surface area contributed by atoms with Crippen molar-refractivity contribution in [3.05, 3.63) is 39.5 Å². The van der Waals surface area contributed by atoms with Gasteiger partial charge in [0.25, 0.3) is 5.56 Å². The van der Waals surface area contributed by atoms with Crippen molar-refractivity contribution < 1.29 is 13.2 Å². The molecule has 3 aliphatic rings. The fourth-order valence-electron chi connectivity index (χ4n) is 3.63. The molecule has 2 atom stereocenters. The van der Waals surface area contributed by atoms with Crippen LogP contribution in [0.1, 0.15) is 12.1 Å². The predicted molar refractivity (Wildman–Crippen MR) is 93.2 cm³/mol. The van der Waals surface area contributed by atoms with Crippen LogP contribution in [-0.2, 0) is 6.54 Å². The van der Waals surface area contributed by atoms with E-state index in [9.17, 15) is 18.0 Å². The van der Waals surface area contributed by atoms with Crippen molar-refractivity contribution in [3.8, 4) is 6.07 Å². The Morgan fingerprint density at radius 3 is 2.68 bits per heavy atom. The van der Waals surface area contributed by atoms with E-state index in [1.165, 1.54) is 18.5 Å². The highest BCUT2D eigenvalue weighted by molar-refractivity contribution is 6.33. The number of nitriles is 1. The smallest absolute Gasteiger partial charge is 0.365 e. The number of halogens is 4. The minimum atomic E-state index is -4.56. The van der Waals surface area contributed by atoms with Gasteiger partial charge in [0.1, 0.15) is 23.3 Å². The van der Waals surface area contributed by atoms with Gasteiger partial charge in [-0.2, -0.15) is 23.5 Å². The first-order valence-electron chi connectivity index (χ1n) is 8.35. The van der Waals surface area contributed by atoms with E-state index in [1.54, 1.807) is 0 Å². The lowest BCUT2D eigenvalue weighted by Crippen LogP contribution is -2.69. The molecule has 2 aromatic heterocycles. The van der Waals surface area contributed by atoms with Gasteiger partial charge in [0.05, 0.1) is 24.0 Å². The van der Waals surface area contributed by atoms with Crippen molar-refractivity contribution in [2.45, 2.75) is 31.2 Å². The summed E-state index contributed by atoms with van der Waals surface area (Å²) in [7, 11) is 0. The Morgan fingerprint density at radius 1 is 1.32 bits per heavy atom. The van der Waals surface area contributed by atoms with Crippen LogP contribution in [0, 0.1) is 11.3 Å². The Morgan fingerprint density at radius 2 is 2.04 bits per heavy atom. The number of nitrogens with zero attached hydrogens (tertiary/aromatic N) is 7. The third kappa shape index (κ3) is 3.24. The highest BCUT2D eigenvalue weighted by Gasteiger charge is 2.46. The van der Waals surface area contributed by atoms with Crippen LogP contribution in [0.3, 0.4) is 0 Å². The van der Waals surface area contributed by atoms with E-state index in [0.717, 1.165) is 6.42 Å². The fourth-order valence-corrected chi connectivity index (χ4v) is 3.89. The van der Waals surface area contributed by atoms with Crippen LogP contribution >= 0.6 is 11.6 Å². The molecule has 0 aliphatic carbocycles. The van der Waals surface area contributed by atoms with Crippen LogP contribution in [0.4, 0.5) is 24.8 Å². The average Bonchev–Trinajstić information content (AvgIpc) is 2.65. The second kappa shape index (κ2) is 6.63. The molecule has 28 heavy (non-hydrogen) atoms. The standard InChI is InChI=1S/C16H13ClF3N7O/c17-13-12(5-23-26(14(13)28)8-16(18,19)20)25-6-10-3-11(7-25)27(10)15-22-2-1-9(4-21)24-15/h1-2,5,10-11H,3,6-8H2. The van der Waals surface area contributed by atoms with E-state index in [1.807, 2.05) is 15.9 Å². The Bertz CT molecular complexity index is 1010. The second-order valence-electron chi connectivity index (χ2n) is 6.63. The number of alkyl halides is 3. The third-order valence-electron chi connectivity index (χ3n) is 4.82. The number of rotatable bonds is 3. The van der Waals surface area contributed by atoms with Crippen LogP contribution in [0.5, 0.6) is 0 Å². The van der Waals surface area contributed by atoms with E-state index >= 15 is 0 Å². The van der Waals surface area contributed by atoms with Crippen LogP contribution in [0.2, 0.25) is 5.02 Å². The zero-order valence-electron chi connectivity index (χ0n) is 14.3. The van der Waals surface area contributed by atoms with E-state index in [2.05, 4.69) is 15.1 Å². The number of anilines is 2. The van der Waals surface area contributed by atoms with Crippen LogP contribution < -0.4 is 15.4 Å². The highest BCUT2D eigenvalue weighted by Crippen LogP contribution is 2.38. The predicted octanol–water partition coefficient (Wildman–Crippen LogP) is 1.59. The number of piperazine rings is 1. The molecule has 3 fully saturated rings. The molecule has 2 bridgehead atoms. The number of fused-ring (bicyclic) bond motifs is 2. The molecule has 0 aromatic carbocycles. The minimum absolute atomic E-state index is 0.0429. The average molecular weight is 412 g/mol. The maximum Gasteiger partial charge on any atom is 0.408 e. The number of hydrogen-bond donors (Lipinski definition) is 0.